The van der Waals surface area contributed by atoms with Crippen molar-refractivity contribution in [3.8, 4) is 5.82 Å². The van der Waals surface area contributed by atoms with E-state index in [2.05, 4.69) is 46.9 Å². The quantitative estimate of drug-likeness (QED) is 0.756. The number of rotatable bonds is 2. The maximum absolute atomic E-state index is 4.62. The fourth-order valence-electron chi connectivity index (χ4n) is 1.90. The topological polar surface area (TPSA) is 43.6 Å². The predicted octanol–water partition coefficient (Wildman–Crippen LogP) is 3.68. The van der Waals surface area contributed by atoms with Gasteiger partial charge in [0.2, 0.25) is 0 Å². The molecule has 6 heteroatoms. The minimum atomic E-state index is 0.529. The van der Waals surface area contributed by atoms with E-state index in [1.165, 1.54) is 12.8 Å². The molecule has 0 radical (unpaired) electrons. The molecule has 3 rings (SSSR count). The molecule has 0 atom stereocenters. The Kier molecular flexibility index (Phi) is 3.02. The normalized spacial score (nSPS) is 15.1. The third kappa shape index (κ3) is 2.12. The summed E-state index contributed by atoms with van der Waals surface area (Å²) in [5.41, 5.74) is 2.02. The lowest BCUT2D eigenvalue weighted by atomic mass is 10.4. The van der Waals surface area contributed by atoms with Crippen LogP contribution in [0.25, 0.3) is 5.82 Å². The van der Waals surface area contributed by atoms with E-state index in [1.54, 1.807) is 0 Å². The SMILES string of the molecule is Cc1nn(-c2cc(Br)nc(C3CC3)n2)c(C)c1Br. The average Bonchev–Trinajstić information content (AvgIpc) is 3.13. The molecule has 1 aliphatic rings. The zero-order chi connectivity index (χ0) is 12.9. The van der Waals surface area contributed by atoms with Crippen molar-refractivity contribution in [1.29, 1.82) is 0 Å². The Morgan fingerprint density at radius 3 is 2.50 bits per heavy atom. The highest BCUT2D eigenvalue weighted by atomic mass is 79.9. The van der Waals surface area contributed by atoms with Crippen molar-refractivity contribution in [1.82, 2.24) is 19.7 Å². The second-order valence-corrected chi connectivity index (χ2v) is 6.18. The molecule has 2 aromatic heterocycles. The summed E-state index contributed by atoms with van der Waals surface area (Å²) >= 11 is 6.99. The smallest absolute Gasteiger partial charge is 0.158 e. The van der Waals surface area contributed by atoms with Crippen LogP contribution in [0.3, 0.4) is 0 Å². The number of nitrogens with zero attached hydrogens (tertiary/aromatic N) is 4. The van der Waals surface area contributed by atoms with Gasteiger partial charge < -0.3 is 0 Å². The first kappa shape index (κ1) is 12.3. The summed E-state index contributed by atoms with van der Waals surface area (Å²) in [6, 6.07) is 1.90. The van der Waals surface area contributed by atoms with Gasteiger partial charge in [-0.05, 0) is 58.5 Å². The highest BCUT2D eigenvalue weighted by molar-refractivity contribution is 9.10. The second-order valence-electron chi connectivity index (χ2n) is 4.58. The second kappa shape index (κ2) is 4.42. The van der Waals surface area contributed by atoms with E-state index in [-0.39, 0.29) is 0 Å². The van der Waals surface area contributed by atoms with E-state index < -0.39 is 0 Å². The summed E-state index contributed by atoms with van der Waals surface area (Å²) in [6.07, 6.45) is 2.38. The minimum absolute atomic E-state index is 0.529. The van der Waals surface area contributed by atoms with Gasteiger partial charge in [-0.3, -0.25) is 0 Å². The van der Waals surface area contributed by atoms with Crippen molar-refractivity contribution in [2.24, 2.45) is 0 Å². The van der Waals surface area contributed by atoms with Gasteiger partial charge in [0.15, 0.2) is 5.82 Å². The van der Waals surface area contributed by atoms with Crippen LogP contribution in [0.2, 0.25) is 0 Å². The van der Waals surface area contributed by atoms with E-state index >= 15 is 0 Å². The monoisotopic (exact) mass is 370 g/mol. The van der Waals surface area contributed by atoms with E-state index in [1.807, 2.05) is 24.6 Å². The van der Waals surface area contributed by atoms with Crippen LogP contribution in [0.15, 0.2) is 15.1 Å². The summed E-state index contributed by atoms with van der Waals surface area (Å²) in [5, 5.41) is 4.50. The molecule has 0 spiro atoms. The molecule has 0 aliphatic heterocycles. The molecule has 0 aromatic carbocycles. The van der Waals surface area contributed by atoms with Crippen LogP contribution in [0.5, 0.6) is 0 Å². The van der Waals surface area contributed by atoms with E-state index in [4.69, 9.17) is 0 Å². The Hall–Kier alpha value is -0.750. The van der Waals surface area contributed by atoms with Crippen LogP contribution in [-0.4, -0.2) is 19.7 Å². The summed E-state index contributed by atoms with van der Waals surface area (Å²) < 4.78 is 3.71. The van der Waals surface area contributed by atoms with Crippen molar-refractivity contribution in [2.45, 2.75) is 32.6 Å². The van der Waals surface area contributed by atoms with Gasteiger partial charge >= 0.3 is 0 Å². The first-order valence-corrected chi connectivity index (χ1v) is 7.41. The Labute approximate surface area is 122 Å². The fraction of sp³-hybridized carbons (Fsp3) is 0.417. The molecular formula is C12H12Br2N4. The third-order valence-corrected chi connectivity index (χ3v) is 4.62. The molecular weight excluding hydrogens is 360 g/mol. The van der Waals surface area contributed by atoms with Gasteiger partial charge in [0, 0.05) is 12.0 Å². The molecule has 1 saturated carbocycles. The molecule has 18 heavy (non-hydrogen) atoms. The van der Waals surface area contributed by atoms with Crippen molar-refractivity contribution in [3.63, 3.8) is 0 Å². The lowest BCUT2D eigenvalue weighted by molar-refractivity contribution is 0.777. The molecule has 0 saturated heterocycles. The lowest BCUT2D eigenvalue weighted by Gasteiger charge is -2.06. The van der Waals surface area contributed by atoms with Crippen molar-refractivity contribution < 1.29 is 0 Å². The third-order valence-electron chi connectivity index (χ3n) is 3.06. The van der Waals surface area contributed by atoms with Gasteiger partial charge in [0.25, 0.3) is 0 Å². The summed E-state index contributed by atoms with van der Waals surface area (Å²) in [5.74, 6) is 2.27. The van der Waals surface area contributed by atoms with Gasteiger partial charge in [-0.1, -0.05) is 0 Å². The molecule has 1 fully saturated rings. The van der Waals surface area contributed by atoms with Gasteiger partial charge in [-0.25, -0.2) is 14.6 Å². The molecule has 0 unspecified atom stereocenters. The van der Waals surface area contributed by atoms with Gasteiger partial charge in [-0.15, -0.1) is 0 Å². The molecule has 0 amide bonds. The lowest BCUT2D eigenvalue weighted by Crippen LogP contribution is -2.05. The molecule has 2 heterocycles. The van der Waals surface area contributed by atoms with Crippen LogP contribution in [0.1, 0.15) is 36.0 Å². The Balaban J connectivity index is 2.12. The number of halogens is 2. The molecule has 0 N–H and O–H groups in total. The van der Waals surface area contributed by atoms with E-state index in [9.17, 15) is 0 Å². The average molecular weight is 372 g/mol. The predicted molar refractivity (Wildman–Crippen MR) is 76.0 cm³/mol. The molecule has 1 aliphatic carbocycles. The Bertz CT molecular complexity index is 617. The maximum atomic E-state index is 4.62. The van der Waals surface area contributed by atoms with Gasteiger partial charge in [0.05, 0.1) is 15.9 Å². The zero-order valence-electron chi connectivity index (χ0n) is 10.1. The van der Waals surface area contributed by atoms with Gasteiger partial charge in [-0.2, -0.15) is 5.10 Å². The van der Waals surface area contributed by atoms with Gasteiger partial charge in [0.1, 0.15) is 10.4 Å². The molecule has 2 aromatic rings. The number of hydrogen-bond donors (Lipinski definition) is 0. The highest BCUT2D eigenvalue weighted by Crippen LogP contribution is 2.38. The number of aromatic nitrogens is 4. The molecule has 4 nitrogen and oxygen atoms in total. The van der Waals surface area contributed by atoms with Crippen LogP contribution in [-0.2, 0) is 0 Å². The summed E-state index contributed by atoms with van der Waals surface area (Å²) in [4.78, 5) is 9.05. The summed E-state index contributed by atoms with van der Waals surface area (Å²) in [7, 11) is 0. The summed E-state index contributed by atoms with van der Waals surface area (Å²) in [6.45, 7) is 4.00. The Morgan fingerprint density at radius 1 is 1.22 bits per heavy atom. The van der Waals surface area contributed by atoms with Crippen molar-refractivity contribution >= 4 is 31.9 Å². The van der Waals surface area contributed by atoms with Crippen LogP contribution in [0, 0.1) is 13.8 Å². The van der Waals surface area contributed by atoms with E-state index in [0.29, 0.717) is 5.92 Å². The first-order chi connectivity index (χ1) is 8.56. The Morgan fingerprint density at radius 2 is 1.94 bits per heavy atom. The number of hydrogen-bond acceptors (Lipinski definition) is 3. The molecule has 0 bridgehead atoms. The zero-order valence-corrected chi connectivity index (χ0v) is 13.3. The first-order valence-electron chi connectivity index (χ1n) is 5.83. The van der Waals surface area contributed by atoms with E-state index in [0.717, 1.165) is 32.1 Å². The molecule has 94 valence electrons. The standard InChI is InChI=1S/C12H12Br2N4/c1-6-11(14)7(2)18(17-6)10-5-9(13)15-12(16-10)8-3-4-8/h5,8H,3-4H2,1-2H3. The highest BCUT2D eigenvalue weighted by Gasteiger charge is 2.27. The number of aryl methyl sites for hydroxylation is 1. The van der Waals surface area contributed by atoms with Crippen molar-refractivity contribution in [3.05, 3.63) is 32.4 Å². The maximum Gasteiger partial charge on any atom is 0.158 e. The van der Waals surface area contributed by atoms with Crippen LogP contribution >= 0.6 is 31.9 Å². The largest absolute Gasteiger partial charge is 0.226 e. The fourth-order valence-corrected chi connectivity index (χ4v) is 2.54. The van der Waals surface area contributed by atoms with Crippen LogP contribution in [0.4, 0.5) is 0 Å². The minimum Gasteiger partial charge on any atom is -0.226 e. The van der Waals surface area contributed by atoms with Crippen LogP contribution < -0.4 is 0 Å². The van der Waals surface area contributed by atoms with Crippen molar-refractivity contribution in [2.75, 3.05) is 0 Å².